The molecule has 0 fully saturated rings. The van der Waals surface area contributed by atoms with Gasteiger partial charge in [0.2, 0.25) is 0 Å². The number of hydrogen-bond donors (Lipinski definition) is 0. The lowest BCUT2D eigenvalue weighted by atomic mass is 9.97. The third-order valence-corrected chi connectivity index (χ3v) is 6.63. The van der Waals surface area contributed by atoms with Gasteiger partial charge in [-0.1, -0.05) is 56.2 Å². The molecule has 0 saturated carbocycles. The van der Waals surface area contributed by atoms with Gasteiger partial charge in [-0.2, -0.15) is 22.0 Å². The molecule has 0 heterocycles. The van der Waals surface area contributed by atoms with Crippen LogP contribution in [0.5, 0.6) is 11.5 Å². The molecule has 0 aliphatic rings. The lowest BCUT2D eigenvalue weighted by Gasteiger charge is -2.20. The van der Waals surface area contributed by atoms with E-state index in [1.54, 1.807) is 0 Å². The first-order chi connectivity index (χ1) is 21.2. The molecule has 12 heteroatoms. The Balaban J connectivity index is 1.54. The Morgan fingerprint density at radius 3 is 1.78 bits per heavy atom. The Bertz CT molecular complexity index is 1630. The van der Waals surface area contributed by atoms with Crippen LogP contribution in [0, 0.1) is 29.1 Å². The van der Waals surface area contributed by atoms with Crippen molar-refractivity contribution in [2.75, 3.05) is 0 Å². The molecule has 0 N–H and O–H groups in total. The smallest absolute Gasteiger partial charge is 0.432 e. The summed E-state index contributed by atoms with van der Waals surface area (Å²) in [5.74, 6) is -10.7. The van der Waals surface area contributed by atoms with E-state index in [1.807, 2.05) is 24.3 Å². The van der Waals surface area contributed by atoms with Gasteiger partial charge in [-0.3, -0.25) is 0 Å². The van der Waals surface area contributed by atoms with Crippen molar-refractivity contribution in [2.45, 2.75) is 44.9 Å². The van der Waals surface area contributed by atoms with E-state index in [-0.39, 0.29) is 24.0 Å². The highest BCUT2D eigenvalue weighted by molar-refractivity contribution is 5.71. The Hall–Kier alpha value is -4.48. The first kappa shape index (κ1) is 33.4. The van der Waals surface area contributed by atoms with E-state index in [9.17, 15) is 39.5 Å². The van der Waals surface area contributed by atoms with Gasteiger partial charge in [0.15, 0.2) is 17.4 Å². The van der Waals surface area contributed by atoms with Crippen molar-refractivity contribution < 1.29 is 53.4 Å². The van der Waals surface area contributed by atoms with Gasteiger partial charge in [-0.15, -0.1) is 0 Å². The van der Waals surface area contributed by atoms with Gasteiger partial charge >= 0.3 is 12.3 Å². The van der Waals surface area contributed by atoms with Crippen LogP contribution in [0.4, 0.5) is 43.9 Å². The van der Waals surface area contributed by atoms with Crippen molar-refractivity contribution in [1.82, 2.24) is 0 Å². The second-order valence-electron chi connectivity index (χ2n) is 9.96. The highest BCUT2D eigenvalue weighted by Gasteiger charge is 2.41. The normalized spacial score (nSPS) is 12.2. The van der Waals surface area contributed by atoms with E-state index >= 15 is 4.39 Å². The highest BCUT2D eigenvalue weighted by Crippen LogP contribution is 2.39. The molecule has 45 heavy (non-hydrogen) atoms. The number of unbranched alkanes of at least 4 members (excludes halogenated alkanes) is 2. The zero-order chi connectivity index (χ0) is 32.9. The zero-order valence-corrected chi connectivity index (χ0v) is 23.4. The maximum Gasteiger partial charge on any atom is 0.432 e. The van der Waals surface area contributed by atoms with Crippen LogP contribution >= 0.6 is 0 Å². The fourth-order valence-corrected chi connectivity index (χ4v) is 4.46. The van der Waals surface area contributed by atoms with Crippen LogP contribution in [0.1, 0.15) is 37.3 Å². The molecule has 0 atom stereocenters. The molecular weight excluding hydrogens is 618 g/mol. The predicted molar refractivity (Wildman–Crippen MR) is 147 cm³/mol. The summed E-state index contributed by atoms with van der Waals surface area (Å²) in [5, 5.41) is 0. The largest absolute Gasteiger partial charge is 0.459 e. The third-order valence-electron chi connectivity index (χ3n) is 6.63. The molecular formula is C33H24F10O2. The quantitative estimate of drug-likeness (QED) is 0.0921. The molecule has 4 rings (SSSR count). The first-order valence-electron chi connectivity index (χ1n) is 13.5. The van der Waals surface area contributed by atoms with E-state index in [0.717, 1.165) is 37.3 Å². The molecule has 4 aromatic rings. The van der Waals surface area contributed by atoms with Gasteiger partial charge in [-0.05, 0) is 53.3 Å². The van der Waals surface area contributed by atoms with Gasteiger partial charge < -0.3 is 9.47 Å². The maximum atomic E-state index is 15.1. The minimum absolute atomic E-state index is 0.0775. The van der Waals surface area contributed by atoms with Crippen LogP contribution in [0.3, 0.4) is 0 Å². The monoisotopic (exact) mass is 642 g/mol. The lowest BCUT2D eigenvalue weighted by molar-refractivity contribution is -0.189. The zero-order valence-electron chi connectivity index (χ0n) is 23.4. The number of hydrogen-bond acceptors (Lipinski definition) is 2. The van der Waals surface area contributed by atoms with Crippen molar-refractivity contribution in [3.05, 3.63) is 119 Å². The average molecular weight is 643 g/mol. The van der Waals surface area contributed by atoms with Crippen molar-refractivity contribution in [3.8, 4) is 33.8 Å². The van der Waals surface area contributed by atoms with E-state index in [1.165, 1.54) is 12.1 Å². The molecule has 0 spiro atoms. The van der Waals surface area contributed by atoms with Crippen molar-refractivity contribution >= 4 is 0 Å². The summed E-state index contributed by atoms with van der Waals surface area (Å²) in [4.78, 5) is 0. The summed E-state index contributed by atoms with van der Waals surface area (Å²) >= 11 is 0. The Kier molecular flexibility index (Phi) is 10.1. The number of rotatable bonds is 11. The number of aryl methyl sites for hydroxylation is 1. The number of benzene rings is 4. The van der Waals surface area contributed by atoms with Crippen molar-refractivity contribution in [2.24, 2.45) is 0 Å². The molecule has 0 amide bonds. The summed E-state index contributed by atoms with van der Waals surface area (Å²) in [6.07, 6.45) is -6.13. The standard InChI is InChI=1S/C33H24F10O2/c1-2-3-4-5-19-6-8-20(9-7-19)21-10-11-24(25(34)14-21)22-15-26(35)30(27(36)16-22)33(42,43)45-23-17-28(37)31(29(38)18-23)44-13-12-32(39,40)41/h6-18H,2-5H2,1H3. The molecule has 238 valence electrons. The fraction of sp³-hybridized carbons (Fsp3) is 0.212. The minimum Gasteiger partial charge on any atom is -0.459 e. The Morgan fingerprint density at radius 1 is 0.644 bits per heavy atom. The van der Waals surface area contributed by atoms with Crippen LogP contribution in [0.15, 0.2) is 79.1 Å². The van der Waals surface area contributed by atoms with Gasteiger partial charge in [0.05, 0.1) is 12.3 Å². The second-order valence-corrected chi connectivity index (χ2v) is 9.96. The summed E-state index contributed by atoms with van der Waals surface area (Å²) in [7, 11) is 0. The van der Waals surface area contributed by atoms with Crippen LogP contribution in [0.25, 0.3) is 22.3 Å². The summed E-state index contributed by atoms with van der Waals surface area (Å²) in [6, 6.07) is 12.5. The number of alkyl halides is 5. The van der Waals surface area contributed by atoms with Gasteiger partial charge in [-0.25, -0.2) is 22.0 Å². The third kappa shape index (κ3) is 8.37. The predicted octanol–water partition coefficient (Wildman–Crippen LogP) is 11.0. The lowest BCUT2D eigenvalue weighted by Crippen LogP contribution is -2.25. The van der Waals surface area contributed by atoms with Gasteiger partial charge in [0.25, 0.3) is 0 Å². The van der Waals surface area contributed by atoms with E-state index in [0.29, 0.717) is 23.3 Å². The number of halogens is 10. The summed E-state index contributed by atoms with van der Waals surface area (Å²) < 4.78 is 148. The van der Waals surface area contributed by atoms with Crippen molar-refractivity contribution in [3.63, 3.8) is 0 Å². The molecule has 0 unspecified atom stereocenters. The highest BCUT2D eigenvalue weighted by atomic mass is 19.4. The molecule has 0 radical (unpaired) electrons. The van der Waals surface area contributed by atoms with Crippen LogP contribution in [-0.4, -0.2) is 6.18 Å². The molecule has 2 nitrogen and oxygen atoms in total. The summed E-state index contributed by atoms with van der Waals surface area (Å²) in [6.45, 7) is 2.10. The molecule has 0 saturated heterocycles. The van der Waals surface area contributed by atoms with Crippen LogP contribution in [0.2, 0.25) is 0 Å². The van der Waals surface area contributed by atoms with E-state index in [2.05, 4.69) is 16.4 Å². The van der Waals surface area contributed by atoms with Gasteiger partial charge in [0, 0.05) is 17.7 Å². The van der Waals surface area contributed by atoms with E-state index < -0.39 is 70.1 Å². The van der Waals surface area contributed by atoms with Crippen LogP contribution < -0.4 is 9.47 Å². The topological polar surface area (TPSA) is 18.5 Å². The van der Waals surface area contributed by atoms with E-state index in [4.69, 9.17) is 0 Å². The number of allylic oxidation sites excluding steroid dienone is 1. The molecule has 0 aliphatic heterocycles. The van der Waals surface area contributed by atoms with Gasteiger partial charge in [0.1, 0.15) is 28.8 Å². The van der Waals surface area contributed by atoms with Crippen molar-refractivity contribution in [1.29, 1.82) is 0 Å². The minimum atomic E-state index is -4.86. The Labute approximate surface area is 251 Å². The Morgan fingerprint density at radius 2 is 1.22 bits per heavy atom. The average Bonchev–Trinajstić information content (AvgIpc) is 2.93. The molecule has 0 bridgehead atoms. The molecule has 0 aromatic heterocycles. The molecule has 0 aliphatic carbocycles. The SMILES string of the molecule is CCCCCc1ccc(-c2ccc(-c3cc(F)c(C(F)(F)Oc4cc(F)c(OC=CC(F)(F)F)c(F)c4)c(F)c3)c(F)c2)cc1. The maximum absolute atomic E-state index is 15.1. The summed E-state index contributed by atoms with van der Waals surface area (Å²) in [5.41, 5.74) is -0.352. The number of ether oxygens (including phenoxy) is 2. The first-order valence-corrected chi connectivity index (χ1v) is 13.5. The molecule has 4 aromatic carbocycles. The van der Waals surface area contributed by atoms with Crippen LogP contribution in [-0.2, 0) is 12.5 Å². The fourth-order valence-electron chi connectivity index (χ4n) is 4.46. The second kappa shape index (κ2) is 13.7.